The summed E-state index contributed by atoms with van der Waals surface area (Å²) in [6, 6.07) is 0.879. The van der Waals surface area contributed by atoms with Crippen LogP contribution < -0.4 is 11.3 Å². The number of H-pyrrole nitrogens is 1. The van der Waals surface area contributed by atoms with Crippen LogP contribution >= 0.6 is 15.9 Å². The quantitative estimate of drug-likeness (QED) is 0.843. The molecule has 1 rings (SSSR count). The molecule has 0 bridgehead atoms. The highest BCUT2D eigenvalue weighted by Crippen LogP contribution is 2.20. The second-order valence-corrected chi connectivity index (χ2v) is 3.30. The standard InChI is InChI=1S/C7H5BrF2N2O2/c8-3-1-2(5(9)10)7(14)12-4(3)6(11)13/h1,5H,(H2,11,13)(H,12,14). The molecule has 0 saturated heterocycles. The third kappa shape index (κ3) is 1.98. The number of aromatic nitrogens is 1. The van der Waals surface area contributed by atoms with E-state index in [9.17, 15) is 18.4 Å². The van der Waals surface area contributed by atoms with E-state index in [1.165, 1.54) is 0 Å². The van der Waals surface area contributed by atoms with E-state index in [0.717, 1.165) is 6.07 Å². The zero-order valence-electron chi connectivity index (χ0n) is 6.68. The van der Waals surface area contributed by atoms with Gasteiger partial charge < -0.3 is 10.7 Å². The summed E-state index contributed by atoms with van der Waals surface area (Å²) >= 11 is 2.85. The van der Waals surface area contributed by atoms with Crippen LogP contribution in [0.1, 0.15) is 22.5 Å². The van der Waals surface area contributed by atoms with E-state index in [1.54, 1.807) is 0 Å². The lowest BCUT2D eigenvalue weighted by Crippen LogP contribution is -2.22. The van der Waals surface area contributed by atoms with Crippen molar-refractivity contribution in [3.8, 4) is 0 Å². The van der Waals surface area contributed by atoms with E-state index in [-0.39, 0.29) is 10.2 Å². The van der Waals surface area contributed by atoms with Crippen LogP contribution in [0.4, 0.5) is 8.78 Å². The van der Waals surface area contributed by atoms with E-state index in [1.807, 2.05) is 4.98 Å². The Balaban J connectivity index is 3.39. The van der Waals surface area contributed by atoms with Gasteiger partial charge in [0.15, 0.2) is 0 Å². The number of hydrogen-bond acceptors (Lipinski definition) is 2. The summed E-state index contributed by atoms with van der Waals surface area (Å²) in [6.07, 6.45) is -2.89. The van der Waals surface area contributed by atoms with E-state index in [0.29, 0.717) is 0 Å². The first-order valence-corrected chi connectivity index (χ1v) is 4.23. The Hall–Kier alpha value is -1.24. The number of halogens is 3. The number of carbonyl (C=O) groups excluding carboxylic acids is 1. The maximum absolute atomic E-state index is 12.2. The predicted molar refractivity (Wildman–Crippen MR) is 48.2 cm³/mol. The molecule has 4 nitrogen and oxygen atoms in total. The van der Waals surface area contributed by atoms with Crippen LogP contribution in [0.5, 0.6) is 0 Å². The molecule has 0 fully saturated rings. The van der Waals surface area contributed by atoms with E-state index in [2.05, 4.69) is 15.9 Å². The first kappa shape index (κ1) is 10.8. The highest BCUT2D eigenvalue weighted by Gasteiger charge is 2.16. The molecule has 0 aliphatic rings. The average Bonchev–Trinajstić information content (AvgIpc) is 2.07. The van der Waals surface area contributed by atoms with Gasteiger partial charge in [0.05, 0.1) is 5.56 Å². The Morgan fingerprint density at radius 1 is 1.57 bits per heavy atom. The molecule has 0 aliphatic heterocycles. The molecule has 0 spiro atoms. The van der Waals surface area contributed by atoms with Crippen LogP contribution in [0.2, 0.25) is 0 Å². The molecular formula is C7H5BrF2N2O2. The van der Waals surface area contributed by atoms with Crippen LogP contribution in [-0.4, -0.2) is 10.9 Å². The lowest BCUT2D eigenvalue weighted by molar-refractivity contribution is 0.0993. The molecule has 1 heterocycles. The number of alkyl halides is 2. The number of rotatable bonds is 2. The minimum absolute atomic E-state index is 0.0416. The van der Waals surface area contributed by atoms with E-state index < -0.39 is 23.5 Å². The second-order valence-electron chi connectivity index (χ2n) is 2.44. The van der Waals surface area contributed by atoms with E-state index >= 15 is 0 Å². The van der Waals surface area contributed by atoms with Crippen LogP contribution in [0.3, 0.4) is 0 Å². The molecule has 0 radical (unpaired) electrons. The maximum Gasteiger partial charge on any atom is 0.269 e. The fourth-order valence-corrected chi connectivity index (χ4v) is 1.40. The van der Waals surface area contributed by atoms with Crippen molar-refractivity contribution in [3.63, 3.8) is 0 Å². The summed E-state index contributed by atoms with van der Waals surface area (Å²) in [5.41, 5.74) is 2.94. The summed E-state index contributed by atoms with van der Waals surface area (Å²) < 4.78 is 24.4. The van der Waals surface area contributed by atoms with Crippen molar-refractivity contribution >= 4 is 21.8 Å². The van der Waals surface area contributed by atoms with Gasteiger partial charge in [0, 0.05) is 4.47 Å². The zero-order chi connectivity index (χ0) is 10.9. The molecular weight excluding hydrogens is 262 g/mol. The maximum atomic E-state index is 12.2. The van der Waals surface area contributed by atoms with Gasteiger partial charge in [-0.2, -0.15) is 0 Å². The SMILES string of the molecule is NC(=O)c1[nH]c(=O)c(C(F)F)cc1Br. The van der Waals surface area contributed by atoms with Gasteiger partial charge >= 0.3 is 0 Å². The summed E-state index contributed by atoms with van der Waals surface area (Å²) in [6.45, 7) is 0. The van der Waals surface area contributed by atoms with Crippen LogP contribution in [-0.2, 0) is 0 Å². The van der Waals surface area contributed by atoms with Crippen molar-refractivity contribution in [2.45, 2.75) is 6.43 Å². The minimum Gasteiger partial charge on any atom is -0.364 e. The number of aromatic amines is 1. The monoisotopic (exact) mass is 266 g/mol. The topological polar surface area (TPSA) is 76.0 Å². The van der Waals surface area contributed by atoms with Gasteiger partial charge in [0.1, 0.15) is 5.69 Å². The number of nitrogens with one attached hydrogen (secondary N) is 1. The Morgan fingerprint density at radius 3 is 2.57 bits per heavy atom. The second kappa shape index (κ2) is 3.87. The fourth-order valence-electron chi connectivity index (χ4n) is 0.861. The van der Waals surface area contributed by atoms with Crippen LogP contribution in [0.25, 0.3) is 0 Å². The first-order valence-electron chi connectivity index (χ1n) is 3.44. The molecule has 76 valence electrons. The smallest absolute Gasteiger partial charge is 0.269 e. The molecule has 3 N–H and O–H groups in total. The Bertz CT molecular complexity index is 430. The van der Waals surface area contributed by atoms with Gasteiger partial charge in [0.2, 0.25) is 0 Å². The van der Waals surface area contributed by atoms with Gasteiger partial charge in [-0.05, 0) is 22.0 Å². The van der Waals surface area contributed by atoms with Crippen molar-refractivity contribution in [1.29, 1.82) is 0 Å². The molecule has 1 amide bonds. The number of pyridine rings is 1. The van der Waals surface area contributed by atoms with Crippen LogP contribution in [0, 0.1) is 0 Å². The summed E-state index contributed by atoms with van der Waals surface area (Å²) in [5.74, 6) is -0.894. The lowest BCUT2D eigenvalue weighted by Gasteiger charge is -2.02. The minimum atomic E-state index is -2.89. The molecule has 0 unspecified atom stereocenters. The molecule has 7 heteroatoms. The molecule has 1 aromatic heterocycles. The number of primary amides is 1. The third-order valence-electron chi connectivity index (χ3n) is 1.50. The average molecular weight is 267 g/mol. The molecule has 0 atom stereocenters. The summed E-state index contributed by atoms with van der Waals surface area (Å²) in [5, 5.41) is 0. The van der Waals surface area contributed by atoms with Gasteiger partial charge in [-0.25, -0.2) is 8.78 Å². The largest absolute Gasteiger partial charge is 0.364 e. The van der Waals surface area contributed by atoms with Gasteiger partial charge in [-0.1, -0.05) is 0 Å². The van der Waals surface area contributed by atoms with Gasteiger partial charge in [0.25, 0.3) is 17.9 Å². The van der Waals surface area contributed by atoms with Gasteiger partial charge in [-0.15, -0.1) is 0 Å². The summed E-state index contributed by atoms with van der Waals surface area (Å²) in [4.78, 5) is 23.6. The normalized spacial score (nSPS) is 10.6. The Labute approximate surface area is 85.2 Å². The molecule has 0 saturated carbocycles. The van der Waals surface area contributed by atoms with Crippen LogP contribution in [0.15, 0.2) is 15.3 Å². The lowest BCUT2D eigenvalue weighted by atomic mass is 10.2. The van der Waals surface area contributed by atoms with Crippen molar-refractivity contribution in [1.82, 2.24) is 4.98 Å². The van der Waals surface area contributed by atoms with Crippen molar-refractivity contribution in [2.24, 2.45) is 5.73 Å². The number of amides is 1. The number of nitrogens with two attached hydrogens (primary N) is 1. The van der Waals surface area contributed by atoms with Crippen molar-refractivity contribution in [2.75, 3.05) is 0 Å². The first-order chi connectivity index (χ1) is 6.43. The number of hydrogen-bond donors (Lipinski definition) is 2. The molecule has 0 aromatic carbocycles. The molecule has 14 heavy (non-hydrogen) atoms. The fraction of sp³-hybridized carbons (Fsp3) is 0.143. The highest BCUT2D eigenvalue weighted by molar-refractivity contribution is 9.10. The van der Waals surface area contributed by atoms with Gasteiger partial charge in [-0.3, -0.25) is 9.59 Å². The highest BCUT2D eigenvalue weighted by atomic mass is 79.9. The third-order valence-corrected chi connectivity index (χ3v) is 2.13. The van der Waals surface area contributed by atoms with E-state index in [4.69, 9.17) is 5.73 Å². The van der Waals surface area contributed by atoms with Crippen molar-refractivity contribution < 1.29 is 13.6 Å². The Kier molecular flexibility index (Phi) is 3.00. The zero-order valence-corrected chi connectivity index (χ0v) is 8.27. The molecule has 0 aliphatic carbocycles. The van der Waals surface area contributed by atoms with Crippen molar-refractivity contribution in [3.05, 3.63) is 32.2 Å². The number of carbonyl (C=O) groups is 1. The predicted octanol–water partition coefficient (Wildman–Crippen LogP) is 1.17. The molecule has 1 aromatic rings. The Morgan fingerprint density at radius 2 is 2.14 bits per heavy atom. The summed E-state index contributed by atoms with van der Waals surface area (Å²) in [7, 11) is 0.